The summed E-state index contributed by atoms with van der Waals surface area (Å²) >= 11 is 0. The van der Waals surface area contributed by atoms with Crippen LogP contribution in [0.1, 0.15) is 11.1 Å². The zero-order chi connectivity index (χ0) is 34.7. The normalized spacial score (nSPS) is 11.4. The van der Waals surface area contributed by atoms with Gasteiger partial charge in [-0.3, -0.25) is 0 Å². The van der Waals surface area contributed by atoms with E-state index in [-0.39, 0.29) is 0 Å². The molecule has 0 unspecified atom stereocenters. The molecule has 0 saturated heterocycles. The summed E-state index contributed by atoms with van der Waals surface area (Å²) in [5, 5.41) is 5.01. The molecule has 52 heavy (non-hydrogen) atoms. The smallest absolute Gasteiger partial charge is 0.00259 e. The van der Waals surface area contributed by atoms with Crippen LogP contribution >= 0.6 is 0 Å². The number of benzene rings is 9. The fraction of sp³-hybridized carbons (Fsp3) is 0. The third-order valence-corrected chi connectivity index (χ3v) is 10.1. The lowest BCUT2D eigenvalue weighted by atomic mass is 9.84. The van der Waals surface area contributed by atoms with Crippen molar-refractivity contribution in [3.8, 4) is 55.6 Å². The molecule has 0 aromatic heterocycles. The van der Waals surface area contributed by atoms with Gasteiger partial charge in [0, 0.05) is 0 Å². The van der Waals surface area contributed by atoms with Crippen molar-refractivity contribution < 1.29 is 0 Å². The zero-order valence-corrected chi connectivity index (χ0v) is 28.8. The van der Waals surface area contributed by atoms with Gasteiger partial charge in [0.05, 0.1) is 0 Å². The number of hydrogen-bond donors (Lipinski definition) is 0. The van der Waals surface area contributed by atoms with E-state index < -0.39 is 0 Å². The van der Waals surface area contributed by atoms with Crippen molar-refractivity contribution in [2.45, 2.75) is 0 Å². The summed E-state index contributed by atoms with van der Waals surface area (Å²) in [5.41, 5.74) is 14.6. The molecular weight excluding hydrogens is 625 g/mol. The van der Waals surface area contributed by atoms with Gasteiger partial charge in [0.25, 0.3) is 0 Å². The van der Waals surface area contributed by atoms with Gasteiger partial charge in [0.15, 0.2) is 0 Å². The Kier molecular flexibility index (Phi) is 8.33. The lowest BCUT2D eigenvalue weighted by Crippen LogP contribution is -1.92. The summed E-state index contributed by atoms with van der Waals surface area (Å²) in [5.74, 6) is 0. The van der Waals surface area contributed by atoms with Gasteiger partial charge in [0.1, 0.15) is 0 Å². The van der Waals surface area contributed by atoms with Crippen molar-refractivity contribution in [1.82, 2.24) is 0 Å². The van der Waals surface area contributed by atoms with Crippen LogP contribution < -0.4 is 0 Å². The molecular formula is C52H36. The SMILES string of the molecule is C(=Cc1ccc(-c2c3ccccc3c(-c3cc(-c4ccccc4)cc(-c4ccccc4)c3)c3ccccc23)cc1)c1ccc(-c2ccccc2)cc1. The molecule has 0 nitrogen and oxygen atoms in total. The lowest BCUT2D eigenvalue weighted by molar-refractivity contribution is 1.58. The molecule has 0 bridgehead atoms. The first-order valence-corrected chi connectivity index (χ1v) is 17.9. The highest BCUT2D eigenvalue weighted by Gasteiger charge is 2.18. The van der Waals surface area contributed by atoms with Gasteiger partial charge in [-0.15, -0.1) is 0 Å². The maximum Gasteiger partial charge on any atom is -0.00259 e. The van der Waals surface area contributed by atoms with Crippen LogP contribution in [-0.2, 0) is 0 Å². The zero-order valence-electron chi connectivity index (χ0n) is 28.8. The molecule has 0 heterocycles. The Morgan fingerprint density at radius 3 is 0.904 bits per heavy atom. The molecule has 0 aliphatic heterocycles. The third-order valence-electron chi connectivity index (χ3n) is 10.1. The maximum absolute atomic E-state index is 2.37. The molecule has 0 saturated carbocycles. The van der Waals surface area contributed by atoms with Crippen LogP contribution in [0.5, 0.6) is 0 Å². The van der Waals surface area contributed by atoms with Crippen molar-refractivity contribution in [2.24, 2.45) is 0 Å². The molecule has 9 aromatic rings. The average Bonchev–Trinajstić information content (AvgIpc) is 3.23. The predicted molar refractivity (Wildman–Crippen MR) is 224 cm³/mol. The minimum Gasteiger partial charge on any atom is -0.0622 e. The Morgan fingerprint density at radius 2 is 0.500 bits per heavy atom. The first-order valence-electron chi connectivity index (χ1n) is 17.9. The Hall–Kier alpha value is -6.76. The highest BCUT2D eigenvalue weighted by Crippen LogP contribution is 2.45. The van der Waals surface area contributed by atoms with E-state index in [0.717, 1.165) is 0 Å². The van der Waals surface area contributed by atoms with E-state index in [1.54, 1.807) is 0 Å². The molecule has 0 heteroatoms. The van der Waals surface area contributed by atoms with Gasteiger partial charge in [-0.05, 0) is 107 Å². The minimum atomic E-state index is 1.17. The van der Waals surface area contributed by atoms with Crippen molar-refractivity contribution in [3.05, 3.63) is 217 Å². The van der Waals surface area contributed by atoms with Gasteiger partial charge in [-0.25, -0.2) is 0 Å². The molecule has 244 valence electrons. The van der Waals surface area contributed by atoms with Gasteiger partial charge >= 0.3 is 0 Å². The van der Waals surface area contributed by atoms with Crippen LogP contribution in [-0.4, -0.2) is 0 Å². The number of hydrogen-bond acceptors (Lipinski definition) is 0. The van der Waals surface area contributed by atoms with Gasteiger partial charge in [-0.2, -0.15) is 0 Å². The molecule has 0 radical (unpaired) electrons. The monoisotopic (exact) mass is 660 g/mol. The predicted octanol–water partition coefficient (Wildman–Crippen LogP) is 14.5. The largest absolute Gasteiger partial charge is 0.0622 e. The molecule has 0 amide bonds. The van der Waals surface area contributed by atoms with E-state index in [1.807, 2.05) is 0 Å². The molecule has 0 aliphatic rings. The van der Waals surface area contributed by atoms with Crippen molar-refractivity contribution in [2.75, 3.05) is 0 Å². The highest BCUT2D eigenvalue weighted by atomic mass is 14.2. The molecule has 9 aromatic carbocycles. The lowest BCUT2D eigenvalue weighted by Gasteiger charge is -2.19. The van der Waals surface area contributed by atoms with Crippen LogP contribution in [0.3, 0.4) is 0 Å². The van der Waals surface area contributed by atoms with E-state index in [1.165, 1.54) is 88.3 Å². The summed E-state index contributed by atoms with van der Waals surface area (Å²) in [6.45, 7) is 0. The molecule has 0 atom stereocenters. The van der Waals surface area contributed by atoms with Crippen molar-refractivity contribution in [3.63, 3.8) is 0 Å². The van der Waals surface area contributed by atoms with Gasteiger partial charge in [0.2, 0.25) is 0 Å². The van der Waals surface area contributed by atoms with E-state index in [2.05, 4.69) is 218 Å². The maximum atomic E-state index is 2.37. The second-order valence-electron chi connectivity index (χ2n) is 13.3. The van der Waals surface area contributed by atoms with E-state index in [9.17, 15) is 0 Å². The van der Waals surface area contributed by atoms with Crippen molar-refractivity contribution in [1.29, 1.82) is 0 Å². The molecule has 0 aliphatic carbocycles. The second-order valence-corrected chi connectivity index (χ2v) is 13.3. The Morgan fingerprint density at radius 1 is 0.212 bits per heavy atom. The number of fused-ring (bicyclic) bond motifs is 2. The summed E-state index contributed by atoms with van der Waals surface area (Å²) < 4.78 is 0. The van der Waals surface area contributed by atoms with E-state index >= 15 is 0 Å². The van der Waals surface area contributed by atoms with Crippen LogP contribution in [0, 0.1) is 0 Å². The summed E-state index contributed by atoms with van der Waals surface area (Å²) in [6, 6.07) is 74.6. The van der Waals surface area contributed by atoms with Crippen LogP contribution in [0.2, 0.25) is 0 Å². The summed E-state index contributed by atoms with van der Waals surface area (Å²) in [6.07, 6.45) is 4.39. The van der Waals surface area contributed by atoms with Crippen molar-refractivity contribution >= 4 is 33.7 Å². The van der Waals surface area contributed by atoms with Gasteiger partial charge < -0.3 is 0 Å². The topological polar surface area (TPSA) is 0 Å². The Labute approximate surface area is 305 Å². The van der Waals surface area contributed by atoms with E-state index in [4.69, 9.17) is 0 Å². The molecule has 0 spiro atoms. The first-order chi connectivity index (χ1) is 25.8. The molecule has 9 rings (SSSR count). The van der Waals surface area contributed by atoms with Gasteiger partial charge in [-0.1, -0.05) is 200 Å². The van der Waals surface area contributed by atoms with E-state index in [0.29, 0.717) is 0 Å². The van der Waals surface area contributed by atoms with Crippen LogP contribution in [0.15, 0.2) is 206 Å². The fourth-order valence-electron chi connectivity index (χ4n) is 7.49. The Bertz CT molecular complexity index is 2550. The second kappa shape index (κ2) is 13.9. The number of rotatable bonds is 7. The Balaban J connectivity index is 1.14. The van der Waals surface area contributed by atoms with Crippen LogP contribution in [0.4, 0.5) is 0 Å². The molecule has 0 N–H and O–H groups in total. The summed E-state index contributed by atoms with van der Waals surface area (Å²) in [4.78, 5) is 0. The quantitative estimate of drug-likeness (QED) is 0.118. The average molecular weight is 661 g/mol. The summed E-state index contributed by atoms with van der Waals surface area (Å²) in [7, 11) is 0. The fourth-order valence-corrected chi connectivity index (χ4v) is 7.49. The third kappa shape index (κ3) is 6.12. The van der Waals surface area contributed by atoms with Crippen LogP contribution in [0.25, 0.3) is 89.3 Å². The minimum absolute atomic E-state index is 1.17. The highest BCUT2D eigenvalue weighted by molar-refractivity contribution is 6.21. The first kappa shape index (κ1) is 31.2. The standard InChI is InChI=1S/C52H36/c1-4-14-39(15-5-1)42-30-26-37(27-31-42)24-25-38-28-32-43(33-29-38)51-47-20-10-12-22-49(47)52(50-23-13-11-21-48(50)51)46-35-44(40-16-6-2-7-17-40)34-45(36-46)41-18-8-3-9-19-41/h1-36H. The molecule has 0 fully saturated rings.